The first kappa shape index (κ1) is 13.6. The van der Waals surface area contributed by atoms with Crippen molar-refractivity contribution in [2.75, 3.05) is 6.54 Å². The molecule has 1 aromatic heterocycles. The van der Waals surface area contributed by atoms with Gasteiger partial charge in [0.25, 0.3) is 0 Å². The van der Waals surface area contributed by atoms with E-state index < -0.39 is 0 Å². The van der Waals surface area contributed by atoms with Gasteiger partial charge in [0.15, 0.2) is 0 Å². The fourth-order valence-corrected chi connectivity index (χ4v) is 2.77. The van der Waals surface area contributed by atoms with Crippen molar-refractivity contribution in [3.63, 3.8) is 0 Å². The van der Waals surface area contributed by atoms with Crippen LogP contribution in [0.2, 0.25) is 0 Å². The number of aromatic nitrogens is 2. The van der Waals surface area contributed by atoms with E-state index in [1.54, 1.807) is 0 Å². The number of nitrogens with one attached hydrogen (secondary N) is 1. The van der Waals surface area contributed by atoms with Crippen LogP contribution in [0.15, 0.2) is 6.07 Å². The quantitative estimate of drug-likeness (QED) is 0.839. The molecule has 0 amide bonds. The van der Waals surface area contributed by atoms with E-state index in [1.165, 1.54) is 37.2 Å². The summed E-state index contributed by atoms with van der Waals surface area (Å²) in [5.41, 5.74) is 2.63. The van der Waals surface area contributed by atoms with E-state index in [0.29, 0.717) is 6.04 Å². The van der Waals surface area contributed by atoms with Crippen LogP contribution in [0, 0.1) is 11.8 Å². The van der Waals surface area contributed by atoms with Crippen LogP contribution >= 0.6 is 0 Å². The maximum absolute atomic E-state index is 4.54. The summed E-state index contributed by atoms with van der Waals surface area (Å²) in [4.78, 5) is 0. The molecule has 1 N–H and O–H groups in total. The third kappa shape index (κ3) is 3.14. The molecule has 2 atom stereocenters. The molecule has 102 valence electrons. The summed E-state index contributed by atoms with van der Waals surface area (Å²) in [7, 11) is 2.08. The van der Waals surface area contributed by atoms with Gasteiger partial charge < -0.3 is 5.32 Å². The van der Waals surface area contributed by atoms with E-state index in [1.807, 2.05) is 0 Å². The van der Waals surface area contributed by atoms with Crippen LogP contribution in [-0.2, 0) is 19.9 Å². The van der Waals surface area contributed by atoms with Gasteiger partial charge in [0, 0.05) is 18.8 Å². The van der Waals surface area contributed by atoms with Crippen molar-refractivity contribution < 1.29 is 0 Å². The van der Waals surface area contributed by atoms with Crippen molar-refractivity contribution in [1.29, 1.82) is 0 Å². The third-order valence-electron chi connectivity index (χ3n) is 4.22. The summed E-state index contributed by atoms with van der Waals surface area (Å²) in [6.07, 6.45) is 5.02. The van der Waals surface area contributed by atoms with Crippen LogP contribution in [0.4, 0.5) is 0 Å². The van der Waals surface area contributed by atoms with Crippen LogP contribution < -0.4 is 5.32 Å². The fraction of sp³-hybridized carbons (Fsp3) is 0.800. The number of hydrogen-bond acceptors (Lipinski definition) is 2. The summed E-state index contributed by atoms with van der Waals surface area (Å²) >= 11 is 0. The van der Waals surface area contributed by atoms with Gasteiger partial charge in [-0.25, -0.2) is 0 Å². The van der Waals surface area contributed by atoms with Crippen LogP contribution in [-0.4, -0.2) is 22.4 Å². The lowest BCUT2D eigenvalue weighted by molar-refractivity contribution is 0.165. The molecule has 1 aliphatic carbocycles. The monoisotopic (exact) mass is 249 g/mol. The molecule has 0 saturated heterocycles. The standard InChI is InChI=1S/C15H27N3/c1-5-14-9-15(18(4)17-14)8-12-6-7-13(12)10-16-11(2)3/h9,11-13,16H,5-8,10H2,1-4H3. The molecular weight excluding hydrogens is 222 g/mol. The molecule has 0 aromatic carbocycles. The lowest BCUT2D eigenvalue weighted by Gasteiger charge is -2.37. The maximum Gasteiger partial charge on any atom is 0.0624 e. The second kappa shape index (κ2) is 5.87. The van der Waals surface area contributed by atoms with Crippen molar-refractivity contribution >= 4 is 0 Å². The summed E-state index contributed by atoms with van der Waals surface area (Å²) in [6, 6.07) is 2.89. The first-order chi connectivity index (χ1) is 8.60. The van der Waals surface area contributed by atoms with Crippen molar-refractivity contribution in [3.05, 3.63) is 17.5 Å². The maximum atomic E-state index is 4.54. The molecule has 18 heavy (non-hydrogen) atoms. The van der Waals surface area contributed by atoms with Gasteiger partial charge in [-0.05, 0) is 50.1 Å². The second-order valence-electron chi connectivity index (χ2n) is 5.97. The summed E-state index contributed by atoms with van der Waals surface area (Å²) in [5, 5.41) is 8.11. The smallest absolute Gasteiger partial charge is 0.0624 e. The molecule has 2 rings (SSSR count). The Hall–Kier alpha value is -0.830. The first-order valence-electron chi connectivity index (χ1n) is 7.35. The molecule has 3 nitrogen and oxygen atoms in total. The third-order valence-corrected chi connectivity index (χ3v) is 4.22. The molecule has 0 spiro atoms. The average molecular weight is 249 g/mol. The molecule has 1 heterocycles. The minimum absolute atomic E-state index is 0.606. The Kier molecular flexibility index (Phi) is 4.44. The molecule has 1 saturated carbocycles. The normalized spacial score (nSPS) is 23.4. The van der Waals surface area contributed by atoms with Crippen molar-refractivity contribution in [3.8, 4) is 0 Å². The van der Waals surface area contributed by atoms with E-state index in [-0.39, 0.29) is 0 Å². The van der Waals surface area contributed by atoms with Gasteiger partial charge in [0.1, 0.15) is 0 Å². The zero-order chi connectivity index (χ0) is 13.1. The molecule has 1 aromatic rings. The molecular formula is C15H27N3. The highest BCUT2D eigenvalue weighted by molar-refractivity contribution is 5.11. The Bertz CT molecular complexity index is 381. The van der Waals surface area contributed by atoms with E-state index in [9.17, 15) is 0 Å². The zero-order valence-electron chi connectivity index (χ0n) is 12.2. The minimum Gasteiger partial charge on any atom is -0.314 e. The van der Waals surface area contributed by atoms with Gasteiger partial charge in [0.2, 0.25) is 0 Å². The highest BCUT2D eigenvalue weighted by Crippen LogP contribution is 2.36. The fourth-order valence-electron chi connectivity index (χ4n) is 2.77. The zero-order valence-corrected chi connectivity index (χ0v) is 12.2. The topological polar surface area (TPSA) is 29.9 Å². The van der Waals surface area contributed by atoms with E-state index >= 15 is 0 Å². The molecule has 3 heteroatoms. The Labute approximate surface area is 111 Å². The molecule has 0 aliphatic heterocycles. The number of rotatable bonds is 6. The SMILES string of the molecule is CCc1cc(CC2CCC2CNC(C)C)n(C)n1. The molecule has 1 fully saturated rings. The minimum atomic E-state index is 0.606. The van der Waals surface area contributed by atoms with Crippen molar-refractivity contribution in [2.24, 2.45) is 18.9 Å². The van der Waals surface area contributed by atoms with E-state index in [4.69, 9.17) is 0 Å². The number of nitrogens with zero attached hydrogens (tertiary/aromatic N) is 2. The Balaban J connectivity index is 1.87. The van der Waals surface area contributed by atoms with Crippen LogP contribution in [0.1, 0.15) is 45.0 Å². The lowest BCUT2D eigenvalue weighted by Crippen LogP contribution is -2.39. The van der Waals surface area contributed by atoms with Gasteiger partial charge in [-0.2, -0.15) is 5.10 Å². The highest BCUT2D eigenvalue weighted by Gasteiger charge is 2.31. The van der Waals surface area contributed by atoms with E-state index in [2.05, 4.69) is 49.0 Å². The second-order valence-corrected chi connectivity index (χ2v) is 5.97. The Morgan fingerprint density at radius 1 is 1.39 bits per heavy atom. The van der Waals surface area contributed by atoms with E-state index in [0.717, 1.165) is 18.3 Å². The largest absolute Gasteiger partial charge is 0.314 e. The lowest BCUT2D eigenvalue weighted by atomic mass is 9.71. The summed E-state index contributed by atoms with van der Waals surface area (Å²) < 4.78 is 2.07. The Morgan fingerprint density at radius 2 is 2.11 bits per heavy atom. The number of aryl methyl sites for hydroxylation is 2. The van der Waals surface area contributed by atoms with Crippen LogP contribution in [0.3, 0.4) is 0 Å². The van der Waals surface area contributed by atoms with Crippen molar-refractivity contribution in [2.45, 2.75) is 52.5 Å². The van der Waals surface area contributed by atoms with Gasteiger partial charge in [0.05, 0.1) is 5.69 Å². The van der Waals surface area contributed by atoms with Crippen LogP contribution in [0.25, 0.3) is 0 Å². The molecule has 1 aliphatic rings. The summed E-state index contributed by atoms with van der Waals surface area (Å²) in [6.45, 7) is 7.80. The predicted molar refractivity (Wildman–Crippen MR) is 75.6 cm³/mol. The van der Waals surface area contributed by atoms with Gasteiger partial charge in [-0.3, -0.25) is 4.68 Å². The highest BCUT2D eigenvalue weighted by atomic mass is 15.3. The average Bonchev–Trinajstić information content (AvgIpc) is 2.65. The van der Waals surface area contributed by atoms with Gasteiger partial charge >= 0.3 is 0 Å². The predicted octanol–water partition coefficient (Wildman–Crippen LogP) is 2.55. The first-order valence-corrected chi connectivity index (χ1v) is 7.35. The molecule has 0 bridgehead atoms. The molecule has 2 unspecified atom stereocenters. The van der Waals surface area contributed by atoms with Gasteiger partial charge in [-0.1, -0.05) is 20.8 Å². The van der Waals surface area contributed by atoms with Crippen molar-refractivity contribution in [1.82, 2.24) is 15.1 Å². The van der Waals surface area contributed by atoms with Crippen LogP contribution in [0.5, 0.6) is 0 Å². The van der Waals surface area contributed by atoms with Gasteiger partial charge in [-0.15, -0.1) is 0 Å². The summed E-state index contributed by atoms with van der Waals surface area (Å²) in [5.74, 6) is 1.73. The molecule has 0 radical (unpaired) electrons. The Morgan fingerprint density at radius 3 is 2.61 bits per heavy atom. The number of hydrogen-bond donors (Lipinski definition) is 1.